The maximum absolute atomic E-state index is 6.18. The van der Waals surface area contributed by atoms with E-state index in [0.29, 0.717) is 6.61 Å². The lowest BCUT2D eigenvalue weighted by Gasteiger charge is -2.39. The highest BCUT2D eigenvalue weighted by Crippen LogP contribution is 2.45. The Hall–Kier alpha value is -2.56. The molecule has 2 aliphatic rings. The van der Waals surface area contributed by atoms with Gasteiger partial charge in [-0.3, -0.25) is 0 Å². The highest BCUT2D eigenvalue weighted by atomic mass is 16.7. The van der Waals surface area contributed by atoms with Crippen molar-refractivity contribution in [3.63, 3.8) is 0 Å². The van der Waals surface area contributed by atoms with Gasteiger partial charge in [-0.2, -0.15) is 0 Å². The molecular weight excluding hydrogens is 352 g/mol. The van der Waals surface area contributed by atoms with Crippen LogP contribution in [0.4, 0.5) is 0 Å². The van der Waals surface area contributed by atoms with Gasteiger partial charge >= 0.3 is 0 Å². The van der Waals surface area contributed by atoms with Gasteiger partial charge in [0.25, 0.3) is 6.29 Å². The van der Waals surface area contributed by atoms with Crippen LogP contribution in [0.3, 0.4) is 0 Å². The molecule has 0 bridgehead atoms. The fraction of sp³-hybridized carbons (Fsp3) is 0.333. The highest BCUT2D eigenvalue weighted by molar-refractivity contribution is 5.83. The zero-order chi connectivity index (χ0) is 19.1. The van der Waals surface area contributed by atoms with E-state index in [1.54, 1.807) is 7.11 Å². The zero-order valence-electron chi connectivity index (χ0n) is 16.2. The summed E-state index contributed by atoms with van der Waals surface area (Å²) in [7, 11) is 1.78. The summed E-state index contributed by atoms with van der Waals surface area (Å²) < 4.78 is 24.0. The van der Waals surface area contributed by atoms with Gasteiger partial charge in [-0.05, 0) is 41.5 Å². The lowest BCUT2D eigenvalue weighted by Crippen LogP contribution is -2.39. The molecule has 28 heavy (non-hydrogen) atoms. The number of rotatable bonds is 3. The van der Waals surface area contributed by atoms with Gasteiger partial charge in [0.2, 0.25) is 0 Å². The van der Waals surface area contributed by atoms with Crippen LogP contribution in [0, 0.1) is 0 Å². The molecule has 0 aliphatic carbocycles. The molecule has 3 atom stereocenters. The fourth-order valence-electron chi connectivity index (χ4n) is 4.34. The number of hydrogen-bond donors (Lipinski definition) is 0. The number of ether oxygens (including phenoxy) is 4. The van der Waals surface area contributed by atoms with Gasteiger partial charge in [-0.15, -0.1) is 0 Å². The van der Waals surface area contributed by atoms with Gasteiger partial charge in [0.1, 0.15) is 0 Å². The van der Waals surface area contributed by atoms with E-state index >= 15 is 0 Å². The maximum atomic E-state index is 6.18. The second-order valence-corrected chi connectivity index (χ2v) is 7.67. The van der Waals surface area contributed by atoms with E-state index in [2.05, 4.69) is 49.4 Å². The first kappa shape index (κ1) is 17.5. The summed E-state index contributed by atoms with van der Waals surface area (Å²) in [6.07, 6.45) is 1.41. The van der Waals surface area contributed by atoms with Crippen molar-refractivity contribution in [3.8, 4) is 11.5 Å². The van der Waals surface area contributed by atoms with Crippen LogP contribution in [-0.4, -0.2) is 19.8 Å². The predicted octanol–water partition coefficient (Wildman–Crippen LogP) is 5.35. The van der Waals surface area contributed by atoms with Crippen molar-refractivity contribution in [2.75, 3.05) is 13.7 Å². The zero-order valence-corrected chi connectivity index (χ0v) is 16.2. The Labute approximate surface area is 165 Å². The normalized spacial score (nSPS) is 26.5. The molecule has 144 valence electrons. The Morgan fingerprint density at radius 1 is 0.929 bits per heavy atom. The third-order valence-electron chi connectivity index (χ3n) is 5.90. The molecule has 0 spiro atoms. The molecule has 0 amide bonds. The van der Waals surface area contributed by atoms with E-state index in [-0.39, 0.29) is 11.7 Å². The molecule has 4 heteroatoms. The van der Waals surface area contributed by atoms with Crippen LogP contribution < -0.4 is 9.47 Å². The van der Waals surface area contributed by atoms with Gasteiger partial charge in [0.15, 0.2) is 11.5 Å². The summed E-state index contributed by atoms with van der Waals surface area (Å²) in [5, 5.41) is 2.39. The summed E-state index contributed by atoms with van der Waals surface area (Å²) in [5.41, 5.74) is 1.79. The molecule has 0 saturated carbocycles. The summed E-state index contributed by atoms with van der Waals surface area (Å²) in [6, 6.07) is 20.8. The van der Waals surface area contributed by atoms with Crippen LogP contribution in [0.2, 0.25) is 0 Å². The van der Waals surface area contributed by atoms with Crippen LogP contribution in [0.15, 0.2) is 60.7 Å². The Bertz CT molecular complexity index is 1010. The van der Waals surface area contributed by atoms with Crippen molar-refractivity contribution in [2.24, 2.45) is 0 Å². The SMILES string of the molecule is CO[C@]1(c2ccc3c(c2)OC(c2ccc4ccccc4c2)O3)CCO[C@H](C)C1. The van der Waals surface area contributed by atoms with E-state index < -0.39 is 6.29 Å². The number of hydrogen-bond acceptors (Lipinski definition) is 4. The quantitative estimate of drug-likeness (QED) is 0.617. The molecule has 0 aromatic heterocycles. The highest BCUT2D eigenvalue weighted by Gasteiger charge is 2.39. The summed E-state index contributed by atoms with van der Waals surface area (Å²) in [5.74, 6) is 1.54. The fourth-order valence-corrected chi connectivity index (χ4v) is 4.34. The molecule has 1 saturated heterocycles. The van der Waals surface area contributed by atoms with Gasteiger partial charge in [-0.25, -0.2) is 0 Å². The molecule has 5 rings (SSSR count). The predicted molar refractivity (Wildman–Crippen MR) is 108 cm³/mol. The largest absolute Gasteiger partial charge is 0.447 e. The topological polar surface area (TPSA) is 36.9 Å². The standard InChI is InChI=1S/C24H24O4/c1-16-15-24(25-2,11-12-26-16)20-9-10-21-22(14-20)28-23(27-21)19-8-7-17-5-3-4-6-18(17)13-19/h3-10,13-14,16,23H,11-12,15H2,1-2H3/t16-,23?,24-/m1/s1. The lowest BCUT2D eigenvalue weighted by atomic mass is 9.83. The molecular formula is C24H24O4. The number of fused-ring (bicyclic) bond motifs is 2. The molecule has 3 aromatic carbocycles. The molecule has 0 N–H and O–H groups in total. The second kappa shape index (κ2) is 6.80. The first-order valence-corrected chi connectivity index (χ1v) is 9.80. The molecule has 2 aliphatic heterocycles. The average molecular weight is 376 g/mol. The van der Waals surface area contributed by atoms with Gasteiger partial charge in [0.05, 0.1) is 18.3 Å². The van der Waals surface area contributed by atoms with E-state index in [4.69, 9.17) is 18.9 Å². The minimum atomic E-state index is -0.429. The third kappa shape index (κ3) is 2.93. The van der Waals surface area contributed by atoms with E-state index in [9.17, 15) is 0 Å². The van der Waals surface area contributed by atoms with Crippen molar-refractivity contribution in [1.82, 2.24) is 0 Å². The summed E-state index contributed by atoms with van der Waals surface area (Å²) in [4.78, 5) is 0. The van der Waals surface area contributed by atoms with Gasteiger partial charge < -0.3 is 18.9 Å². The summed E-state index contributed by atoms with van der Waals surface area (Å²) >= 11 is 0. The number of benzene rings is 3. The van der Waals surface area contributed by atoms with Crippen LogP contribution in [0.1, 0.15) is 37.2 Å². The van der Waals surface area contributed by atoms with Crippen molar-refractivity contribution in [1.29, 1.82) is 0 Å². The van der Waals surface area contributed by atoms with Crippen LogP contribution in [-0.2, 0) is 15.1 Å². The van der Waals surface area contributed by atoms with Gasteiger partial charge in [0, 0.05) is 25.5 Å². The minimum absolute atomic E-state index is 0.171. The van der Waals surface area contributed by atoms with Crippen molar-refractivity contribution >= 4 is 10.8 Å². The molecule has 0 radical (unpaired) electrons. The first-order valence-electron chi connectivity index (χ1n) is 9.80. The average Bonchev–Trinajstić information content (AvgIpc) is 3.16. The van der Waals surface area contributed by atoms with E-state index in [0.717, 1.165) is 35.5 Å². The Morgan fingerprint density at radius 2 is 1.75 bits per heavy atom. The Kier molecular flexibility index (Phi) is 4.26. The monoisotopic (exact) mass is 376 g/mol. The van der Waals surface area contributed by atoms with Crippen molar-refractivity contribution in [3.05, 3.63) is 71.8 Å². The van der Waals surface area contributed by atoms with Crippen molar-refractivity contribution < 1.29 is 18.9 Å². The van der Waals surface area contributed by atoms with E-state index in [1.165, 1.54) is 10.8 Å². The Balaban J connectivity index is 1.44. The molecule has 1 unspecified atom stereocenters. The number of methoxy groups -OCH3 is 1. The van der Waals surface area contributed by atoms with Crippen LogP contribution >= 0.6 is 0 Å². The first-order chi connectivity index (χ1) is 13.7. The summed E-state index contributed by atoms with van der Waals surface area (Å²) in [6.45, 7) is 2.79. The second-order valence-electron chi connectivity index (χ2n) is 7.67. The minimum Gasteiger partial charge on any atom is -0.447 e. The lowest BCUT2D eigenvalue weighted by molar-refractivity contribution is -0.122. The Morgan fingerprint density at radius 3 is 2.57 bits per heavy atom. The van der Waals surface area contributed by atoms with Crippen LogP contribution in [0.5, 0.6) is 11.5 Å². The molecule has 2 heterocycles. The molecule has 1 fully saturated rings. The molecule has 3 aromatic rings. The smallest absolute Gasteiger partial charge is 0.267 e. The van der Waals surface area contributed by atoms with Crippen molar-refractivity contribution in [2.45, 2.75) is 37.8 Å². The van der Waals surface area contributed by atoms with E-state index in [1.807, 2.05) is 18.2 Å². The third-order valence-corrected chi connectivity index (χ3v) is 5.90. The van der Waals surface area contributed by atoms with Gasteiger partial charge in [-0.1, -0.05) is 42.5 Å². The molecule has 4 nitrogen and oxygen atoms in total. The van der Waals surface area contributed by atoms with Crippen LogP contribution in [0.25, 0.3) is 10.8 Å². The maximum Gasteiger partial charge on any atom is 0.267 e.